The van der Waals surface area contributed by atoms with Crippen molar-refractivity contribution in [1.82, 2.24) is 9.80 Å². The molecule has 6 nitrogen and oxygen atoms in total. The van der Waals surface area contributed by atoms with E-state index in [-0.39, 0.29) is 17.6 Å². The van der Waals surface area contributed by atoms with Crippen molar-refractivity contribution < 1.29 is 9.59 Å². The van der Waals surface area contributed by atoms with Gasteiger partial charge >= 0.3 is 0 Å². The average Bonchev–Trinajstić information content (AvgIpc) is 3.13. The number of piperidine rings is 1. The molecule has 33 heavy (non-hydrogen) atoms. The predicted molar refractivity (Wildman–Crippen MR) is 133 cm³/mol. The summed E-state index contributed by atoms with van der Waals surface area (Å²) in [7, 11) is 0. The molecular weight excluding hydrogens is 432 g/mol. The molecule has 0 saturated carbocycles. The van der Waals surface area contributed by atoms with Crippen LogP contribution in [0.4, 0.5) is 5.69 Å². The SMILES string of the molecule is C[C@@H]1C[C@H](C)CN(C(=O)CSC2=Nc3ccccc3C3=N[C@@H](Cc4ccccc4)C(=O)N23)C1. The third-order valence-corrected chi connectivity index (χ3v) is 7.29. The third-order valence-electron chi connectivity index (χ3n) is 6.37. The van der Waals surface area contributed by atoms with Gasteiger partial charge in [-0.1, -0.05) is 68.1 Å². The molecule has 3 aliphatic heterocycles. The molecule has 0 bridgehead atoms. The van der Waals surface area contributed by atoms with E-state index < -0.39 is 6.04 Å². The number of likely N-dealkylation sites (tertiary alicyclic amines) is 1. The molecule has 7 heteroatoms. The van der Waals surface area contributed by atoms with E-state index in [1.165, 1.54) is 11.8 Å². The first-order valence-electron chi connectivity index (χ1n) is 11.5. The molecule has 170 valence electrons. The average molecular weight is 461 g/mol. The number of amidine groups is 2. The topological polar surface area (TPSA) is 65.3 Å². The summed E-state index contributed by atoms with van der Waals surface area (Å²) in [5, 5.41) is 0.541. The van der Waals surface area contributed by atoms with Gasteiger partial charge in [-0.25, -0.2) is 9.89 Å². The fourth-order valence-electron chi connectivity index (χ4n) is 4.95. The van der Waals surface area contributed by atoms with Crippen LogP contribution in [0.15, 0.2) is 64.6 Å². The van der Waals surface area contributed by atoms with Crippen LogP contribution in [0.5, 0.6) is 0 Å². The van der Waals surface area contributed by atoms with Crippen molar-refractivity contribution in [3.8, 4) is 0 Å². The first-order chi connectivity index (χ1) is 16.0. The Morgan fingerprint density at radius 1 is 1.03 bits per heavy atom. The zero-order chi connectivity index (χ0) is 22.9. The largest absolute Gasteiger partial charge is 0.341 e. The van der Waals surface area contributed by atoms with E-state index in [4.69, 9.17) is 9.98 Å². The molecule has 3 atom stereocenters. The van der Waals surface area contributed by atoms with Crippen LogP contribution in [-0.4, -0.2) is 57.5 Å². The molecule has 1 fully saturated rings. The molecule has 1 saturated heterocycles. The smallest absolute Gasteiger partial charge is 0.259 e. The number of benzene rings is 2. The summed E-state index contributed by atoms with van der Waals surface area (Å²) in [5.41, 5.74) is 2.72. The lowest BCUT2D eigenvalue weighted by atomic mass is 9.92. The number of carbonyl (C=O) groups is 2. The molecule has 2 amide bonds. The van der Waals surface area contributed by atoms with Gasteiger partial charge in [-0.3, -0.25) is 14.6 Å². The van der Waals surface area contributed by atoms with Crippen molar-refractivity contribution >= 4 is 40.3 Å². The molecule has 3 aliphatic rings. The zero-order valence-electron chi connectivity index (χ0n) is 19.0. The van der Waals surface area contributed by atoms with Crippen LogP contribution in [0.2, 0.25) is 0 Å². The number of aliphatic imine (C=N–C) groups is 2. The Hall–Kier alpha value is -2.93. The van der Waals surface area contributed by atoms with Gasteiger partial charge in [0.2, 0.25) is 5.91 Å². The summed E-state index contributed by atoms with van der Waals surface area (Å²) in [5.74, 6) is 1.95. The molecule has 0 N–H and O–H groups in total. The fraction of sp³-hybridized carbons (Fsp3) is 0.385. The van der Waals surface area contributed by atoms with Crippen molar-refractivity contribution in [2.24, 2.45) is 21.8 Å². The number of carbonyl (C=O) groups excluding carboxylic acids is 2. The highest BCUT2D eigenvalue weighted by Crippen LogP contribution is 2.34. The van der Waals surface area contributed by atoms with Crippen molar-refractivity contribution in [3.05, 3.63) is 65.7 Å². The van der Waals surface area contributed by atoms with Gasteiger partial charge in [0.25, 0.3) is 5.91 Å². The standard InChI is InChI=1S/C26H28N4O2S/c1-17-12-18(2)15-29(14-17)23(31)16-33-26-28-21-11-7-6-10-20(21)24-27-22(25(32)30(24)26)13-19-8-4-3-5-9-19/h3-11,17-18,22H,12-16H2,1-2H3/t17-,18+,22-/m0/s1. The molecule has 5 rings (SSSR count). The highest BCUT2D eigenvalue weighted by atomic mass is 32.2. The Bertz CT molecular complexity index is 1120. The summed E-state index contributed by atoms with van der Waals surface area (Å²) in [4.78, 5) is 39.6. The minimum Gasteiger partial charge on any atom is -0.341 e. The quantitative estimate of drug-likeness (QED) is 0.689. The second-order valence-electron chi connectivity index (χ2n) is 9.28. The lowest BCUT2D eigenvalue weighted by Gasteiger charge is -2.35. The maximum Gasteiger partial charge on any atom is 0.259 e. The van der Waals surface area contributed by atoms with Crippen LogP contribution in [-0.2, 0) is 16.0 Å². The van der Waals surface area contributed by atoms with E-state index in [2.05, 4.69) is 13.8 Å². The van der Waals surface area contributed by atoms with Crippen LogP contribution in [0.3, 0.4) is 0 Å². The number of hydrogen-bond acceptors (Lipinski definition) is 5. The number of hydrogen-bond donors (Lipinski definition) is 0. The van der Waals surface area contributed by atoms with E-state index in [0.29, 0.717) is 29.3 Å². The monoisotopic (exact) mass is 460 g/mol. The molecule has 2 aromatic rings. The summed E-state index contributed by atoms with van der Waals surface area (Å²) < 4.78 is 0. The summed E-state index contributed by atoms with van der Waals surface area (Å²) >= 11 is 1.34. The van der Waals surface area contributed by atoms with Gasteiger partial charge in [0, 0.05) is 25.1 Å². The maximum absolute atomic E-state index is 13.4. The summed E-state index contributed by atoms with van der Waals surface area (Å²) in [6.45, 7) is 5.99. The van der Waals surface area contributed by atoms with Crippen molar-refractivity contribution in [2.45, 2.75) is 32.7 Å². The predicted octanol–water partition coefficient (Wildman–Crippen LogP) is 4.13. The normalized spacial score (nSPS) is 24.2. The molecule has 0 spiro atoms. The molecule has 0 radical (unpaired) electrons. The Balaban J connectivity index is 1.37. The Morgan fingerprint density at radius 3 is 2.48 bits per heavy atom. The highest BCUT2D eigenvalue weighted by Gasteiger charge is 2.41. The molecule has 0 aromatic heterocycles. The van der Waals surface area contributed by atoms with Crippen LogP contribution in [0.25, 0.3) is 0 Å². The van der Waals surface area contributed by atoms with Crippen LogP contribution < -0.4 is 0 Å². The van der Waals surface area contributed by atoms with Gasteiger partial charge in [-0.2, -0.15) is 0 Å². The minimum atomic E-state index is -0.487. The fourth-order valence-corrected chi connectivity index (χ4v) is 5.86. The van der Waals surface area contributed by atoms with Crippen LogP contribution in [0.1, 0.15) is 31.4 Å². The summed E-state index contributed by atoms with van der Waals surface area (Å²) in [6, 6.07) is 17.2. The van der Waals surface area contributed by atoms with E-state index in [1.807, 2.05) is 59.5 Å². The van der Waals surface area contributed by atoms with Gasteiger partial charge in [-0.15, -0.1) is 0 Å². The molecule has 2 aromatic carbocycles. The van der Waals surface area contributed by atoms with Gasteiger partial charge in [-0.05, 0) is 36.0 Å². The molecule has 0 aliphatic carbocycles. The molecular formula is C26H28N4O2S. The highest BCUT2D eigenvalue weighted by molar-refractivity contribution is 8.14. The maximum atomic E-state index is 13.4. The van der Waals surface area contributed by atoms with Crippen LogP contribution >= 0.6 is 11.8 Å². The van der Waals surface area contributed by atoms with Gasteiger partial charge in [0.15, 0.2) is 5.17 Å². The number of thioether (sulfide) groups is 1. The zero-order valence-corrected chi connectivity index (χ0v) is 19.8. The first kappa shape index (κ1) is 21.9. The Morgan fingerprint density at radius 2 is 1.73 bits per heavy atom. The van der Waals surface area contributed by atoms with E-state index >= 15 is 0 Å². The van der Waals surface area contributed by atoms with E-state index in [1.54, 1.807) is 4.90 Å². The lowest BCUT2D eigenvalue weighted by molar-refractivity contribution is -0.131. The number of fused-ring (bicyclic) bond motifs is 3. The Kier molecular flexibility index (Phi) is 6.06. The molecule has 3 heterocycles. The van der Waals surface area contributed by atoms with E-state index in [9.17, 15) is 9.59 Å². The molecule has 0 unspecified atom stereocenters. The number of nitrogens with zero attached hydrogens (tertiary/aromatic N) is 4. The van der Waals surface area contributed by atoms with Crippen molar-refractivity contribution in [1.29, 1.82) is 0 Å². The number of rotatable bonds is 4. The minimum absolute atomic E-state index is 0.0812. The van der Waals surface area contributed by atoms with Gasteiger partial charge in [0.05, 0.1) is 11.4 Å². The van der Waals surface area contributed by atoms with Gasteiger partial charge < -0.3 is 4.90 Å². The van der Waals surface area contributed by atoms with Gasteiger partial charge in [0.1, 0.15) is 11.9 Å². The Labute approximate surface area is 198 Å². The lowest BCUT2D eigenvalue weighted by Crippen LogP contribution is -2.45. The van der Waals surface area contributed by atoms with E-state index in [0.717, 1.165) is 36.3 Å². The first-order valence-corrected chi connectivity index (χ1v) is 12.5. The van der Waals surface area contributed by atoms with Crippen molar-refractivity contribution in [2.75, 3.05) is 18.8 Å². The second kappa shape index (κ2) is 9.14. The van der Waals surface area contributed by atoms with Crippen LogP contribution in [0, 0.1) is 11.8 Å². The number of amides is 2. The summed E-state index contributed by atoms with van der Waals surface area (Å²) in [6.07, 6.45) is 1.70. The number of para-hydroxylation sites is 1. The second-order valence-corrected chi connectivity index (χ2v) is 10.2. The van der Waals surface area contributed by atoms with Crippen molar-refractivity contribution in [3.63, 3.8) is 0 Å². The third kappa shape index (κ3) is 4.47.